The molecule has 0 saturated heterocycles. The third-order valence-electron chi connectivity index (χ3n) is 2.74. The van der Waals surface area contributed by atoms with E-state index in [1.807, 2.05) is 36.1 Å². The maximum absolute atomic E-state index is 12.0. The summed E-state index contributed by atoms with van der Waals surface area (Å²) in [6, 6.07) is 8.12. The van der Waals surface area contributed by atoms with E-state index in [0.717, 1.165) is 30.4 Å². The fraction of sp³-hybridized carbons (Fsp3) is 0.500. The van der Waals surface area contributed by atoms with Gasteiger partial charge in [-0.1, -0.05) is 33.6 Å². The Labute approximate surface area is 112 Å². The molecule has 0 fully saturated rings. The molecule has 0 radical (unpaired) electrons. The average molecular weight is 298 g/mol. The number of benzene rings is 1. The molecule has 94 valence electrons. The van der Waals surface area contributed by atoms with Gasteiger partial charge in [0.05, 0.1) is 0 Å². The fourth-order valence-electron chi connectivity index (χ4n) is 1.73. The van der Waals surface area contributed by atoms with E-state index in [9.17, 15) is 4.79 Å². The number of hydrogen-bond acceptors (Lipinski definition) is 1. The van der Waals surface area contributed by atoms with Crippen LogP contribution in [-0.2, 0) is 4.79 Å². The van der Waals surface area contributed by atoms with E-state index in [1.54, 1.807) is 0 Å². The van der Waals surface area contributed by atoms with Gasteiger partial charge in [-0.15, -0.1) is 0 Å². The first-order valence-corrected chi connectivity index (χ1v) is 7.24. The number of hydrogen-bond donors (Lipinski definition) is 0. The topological polar surface area (TPSA) is 20.3 Å². The lowest BCUT2D eigenvalue weighted by Crippen LogP contribution is -2.30. The Hall–Kier alpha value is -0.830. The molecular weight excluding hydrogens is 278 g/mol. The Bertz CT molecular complexity index is 348. The number of anilines is 1. The molecule has 1 aromatic carbocycles. The summed E-state index contributed by atoms with van der Waals surface area (Å²) < 4.78 is 0. The molecule has 0 saturated carbocycles. The maximum Gasteiger partial charge on any atom is 0.226 e. The maximum atomic E-state index is 12.0. The first kappa shape index (κ1) is 14.2. The van der Waals surface area contributed by atoms with Crippen molar-refractivity contribution in [1.82, 2.24) is 0 Å². The molecule has 0 bridgehead atoms. The summed E-state index contributed by atoms with van der Waals surface area (Å²) in [7, 11) is 0. The molecule has 3 heteroatoms. The van der Waals surface area contributed by atoms with Gasteiger partial charge in [-0.3, -0.25) is 4.79 Å². The monoisotopic (exact) mass is 297 g/mol. The highest BCUT2D eigenvalue weighted by Gasteiger charge is 2.12. The van der Waals surface area contributed by atoms with E-state index >= 15 is 0 Å². The van der Waals surface area contributed by atoms with Crippen molar-refractivity contribution in [2.75, 3.05) is 16.8 Å². The van der Waals surface area contributed by atoms with Crippen molar-refractivity contribution in [2.45, 2.75) is 33.1 Å². The van der Waals surface area contributed by atoms with Crippen LogP contribution < -0.4 is 4.90 Å². The number of halogens is 1. The van der Waals surface area contributed by atoms with Crippen molar-refractivity contribution in [3.05, 3.63) is 29.8 Å². The fourth-order valence-corrected chi connectivity index (χ4v) is 2.13. The molecule has 17 heavy (non-hydrogen) atoms. The second-order valence-electron chi connectivity index (χ2n) is 4.12. The van der Waals surface area contributed by atoms with Crippen LogP contribution in [0.3, 0.4) is 0 Å². The zero-order valence-electron chi connectivity index (χ0n) is 10.6. The van der Waals surface area contributed by atoms with Crippen LogP contribution in [0.4, 0.5) is 5.69 Å². The Morgan fingerprint density at radius 1 is 1.24 bits per heavy atom. The normalized spacial score (nSPS) is 10.3. The summed E-state index contributed by atoms with van der Waals surface area (Å²) in [5.74, 6) is 0.220. The molecule has 0 unspecified atom stereocenters. The third-order valence-corrected chi connectivity index (χ3v) is 3.30. The van der Waals surface area contributed by atoms with Gasteiger partial charge in [0, 0.05) is 24.0 Å². The van der Waals surface area contributed by atoms with E-state index < -0.39 is 0 Å². The number of unbranched alkanes of at least 4 members (excludes halogenated alkanes) is 1. The summed E-state index contributed by atoms with van der Waals surface area (Å²) in [6.45, 7) is 4.80. The van der Waals surface area contributed by atoms with Gasteiger partial charge in [-0.2, -0.15) is 0 Å². The predicted octanol–water partition coefficient (Wildman–Crippen LogP) is 3.91. The van der Waals surface area contributed by atoms with Crippen LogP contribution in [0.25, 0.3) is 0 Å². The van der Waals surface area contributed by atoms with E-state index in [0.29, 0.717) is 6.42 Å². The Balaban J connectivity index is 2.64. The average Bonchev–Trinajstić information content (AvgIpc) is 2.33. The minimum Gasteiger partial charge on any atom is -0.313 e. The van der Waals surface area contributed by atoms with Gasteiger partial charge in [-0.25, -0.2) is 0 Å². The van der Waals surface area contributed by atoms with E-state index in [4.69, 9.17) is 0 Å². The Kier molecular flexibility index (Phi) is 6.27. The van der Waals surface area contributed by atoms with Crippen molar-refractivity contribution in [1.29, 1.82) is 0 Å². The zero-order chi connectivity index (χ0) is 12.7. The summed E-state index contributed by atoms with van der Waals surface area (Å²) in [5.41, 5.74) is 2.22. The standard InChI is InChI=1S/C14H20BrNO/c1-3-16(14(17)6-4-5-11-15)13-9-7-12(2)8-10-13/h7-10H,3-6,11H2,1-2H3. The van der Waals surface area contributed by atoms with Crippen molar-refractivity contribution in [2.24, 2.45) is 0 Å². The second-order valence-corrected chi connectivity index (χ2v) is 4.91. The molecule has 0 aliphatic rings. The van der Waals surface area contributed by atoms with Gasteiger partial charge in [-0.05, 0) is 38.8 Å². The predicted molar refractivity (Wildman–Crippen MR) is 76.9 cm³/mol. The highest BCUT2D eigenvalue weighted by Crippen LogP contribution is 2.16. The number of carbonyl (C=O) groups excluding carboxylic acids is 1. The number of rotatable bonds is 6. The first-order chi connectivity index (χ1) is 8.19. The van der Waals surface area contributed by atoms with Crippen LogP contribution in [-0.4, -0.2) is 17.8 Å². The van der Waals surface area contributed by atoms with Crippen molar-refractivity contribution >= 4 is 27.5 Å². The molecule has 0 aromatic heterocycles. The molecule has 0 spiro atoms. The minimum atomic E-state index is 0.220. The number of carbonyl (C=O) groups is 1. The van der Waals surface area contributed by atoms with Crippen LogP contribution >= 0.6 is 15.9 Å². The lowest BCUT2D eigenvalue weighted by atomic mass is 10.2. The Morgan fingerprint density at radius 2 is 1.88 bits per heavy atom. The highest BCUT2D eigenvalue weighted by atomic mass is 79.9. The van der Waals surface area contributed by atoms with E-state index in [1.165, 1.54) is 5.56 Å². The van der Waals surface area contributed by atoms with Gasteiger partial charge in [0.15, 0.2) is 0 Å². The summed E-state index contributed by atoms with van der Waals surface area (Å²) >= 11 is 3.38. The van der Waals surface area contributed by atoms with Gasteiger partial charge in [0.25, 0.3) is 0 Å². The van der Waals surface area contributed by atoms with Crippen molar-refractivity contribution in [3.63, 3.8) is 0 Å². The highest BCUT2D eigenvalue weighted by molar-refractivity contribution is 9.09. The molecule has 0 N–H and O–H groups in total. The van der Waals surface area contributed by atoms with Crippen molar-refractivity contribution in [3.8, 4) is 0 Å². The van der Waals surface area contributed by atoms with E-state index in [2.05, 4.69) is 22.9 Å². The SMILES string of the molecule is CCN(C(=O)CCCCBr)c1ccc(C)cc1. The van der Waals surface area contributed by atoms with Gasteiger partial charge >= 0.3 is 0 Å². The van der Waals surface area contributed by atoms with Crippen LogP contribution in [0.15, 0.2) is 24.3 Å². The number of amides is 1. The smallest absolute Gasteiger partial charge is 0.226 e. The molecule has 0 aliphatic heterocycles. The molecule has 0 heterocycles. The van der Waals surface area contributed by atoms with Gasteiger partial charge in [0.1, 0.15) is 0 Å². The Morgan fingerprint density at radius 3 is 2.41 bits per heavy atom. The largest absolute Gasteiger partial charge is 0.313 e. The molecule has 0 atom stereocenters. The quantitative estimate of drug-likeness (QED) is 0.576. The number of aryl methyl sites for hydroxylation is 1. The minimum absolute atomic E-state index is 0.220. The third kappa shape index (κ3) is 4.50. The van der Waals surface area contributed by atoms with Crippen LogP contribution in [0.2, 0.25) is 0 Å². The molecule has 1 aromatic rings. The van der Waals surface area contributed by atoms with Crippen LogP contribution in [0.5, 0.6) is 0 Å². The van der Waals surface area contributed by atoms with Crippen LogP contribution in [0.1, 0.15) is 31.7 Å². The molecular formula is C14H20BrNO. The summed E-state index contributed by atoms with van der Waals surface area (Å²) in [4.78, 5) is 13.9. The summed E-state index contributed by atoms with van der Waals surface area (Å²) in [6.07, 6.45) is 2.64. The van der Waals surface area contributed by atoms with Crippen LogP contribution in [0, 0.1) is 6.92 Å². The summed E-state index contributed by atoms with van der Waals surface area (Å²) in [5, 5.41) is 0.969. The van der Waals surface area contributed by atoms with Gasteiger partial charge < -0.3 is 4.90 Å². The number of alkyl halides is 1. The first-order valence-electron chi connectivity index (χ1n) is 6.12. The molecule has 0 aliphatic carbocycles. The van der Waals surface area contributed by atoms with Gasteiger partial charge in [0.2, 0.25) is 5.91 Å². The molecule has 1 amide bonds. The second kappa shape index (κ2) is 7.49. The lowest BCUT2D eigenvalue weighted by Gasteiger charge is -2.21. The number of nitrogens with zero attached hydrogens (tertiary/aromatic N) is 1. The van der Waals surface area contributed by atoms with Crippen molar-refractivity contribution < 1.29 is 4.79 Å². The molecule has 2 nitrogen and oxygen atoms in total. The molecule has 1 rings (SSSR count). The lowest BCUT2D eigenvalue weighted by molar-refractivity contribution is -0.118. The zero-order valence-corrected chi connectivity index (χ0v) is 12.2. The van der Waals surface area contributed by atoms with E-state index in [-0.39, 0.29) is 5.91 Å².